The van der Waals surface area contributed by atoms with E-state index in [-0.39, 0.29) is 53.5 Å². The predicted molar refractivity (Wildman–Crippen MR) is 138 cm³/mol. The van der Waals surface area contributed by atoms with E-state index in [2.05, 4.69) is 10.4 Å². The molecule has 5 rings (SSSR count). The third-order valence-corrected chi connectivity index (χ3v) is 9.37. The molecule has 14 heteroatoms. The first-order chi connectivity index (χ1) is 19.2. The van der Waals surface area contributed by atoms with Gasteiger partial charge in [-0.3, -0.25) is 4.79 Å². The Morgan fingerprint density at radius 2 is 1.54 bits per heavy atom. The molecule has 2 aliphatic rings. The van der Waals surface area contributed by atoms with E-state index in [1.54, 1.807) is 18.2 Å². The molecule has 7 nitrogen and oxygen atoms in total. The molecule has 41 heavy (non-hydrogen) atoms. The number of alkyl halides is 6. The molecule has 1 atom stereocenters. The zero-order valence-corrected chi connectivity index (χ0v) is 22.4. The number of benzene rings is 2. The van der Waals surface area contributed by atoms with Crippen molar-refractivity contribution in [1.82, 2.24) is 14.7 Å². The summed E-state index contributed by atoms with van der Waals surface area (Å²) in [7, 11) is -3.33. The maximum atomic E-state index is 14.4. The third-order valence-electron chi connectivity index (χ3n) is 7.72. The number of sulfone groups is 1. The average Bonchev–Trinajstić information content (AvgIpc) is 3.33. The van der Waals surface area contributed by atoms with Gasteiger partial charge in [-0.25, -0.2) is 13.1 Å². The van der Waals surface area contributed by atoms with Gasteiger partial charge < -0.3 is 10.2 Å². The molecule has 2 aromatic carbocycles. The van der Waals surface area contributed by atoms with Gasteiger partial charge >= 0.3 is 12.4 Å². The van der Waals surface area contributed by atoms with Gasteiger partial charge in [-0.15, -0.1) is 0 Å². The minimum absolute atomic E-state index is 0.0176. The van der Waals surface area contributed by atoms with Gasteiger partial charge in [0.15, 0.2) is 11.7 Å². The van der Waals surface area contributed by atoms with Gasteiger partial charge in [0, 0.05) is 12.2 Å². The minimum atomic E-state index is -4.84. The van der Waals surface area contributed by atoms with E-state index < -0.39 is 45.2 Å². The number of para-hydroxylation sites is 1. The molecule has 2 fully saturated rings. The Morgan fingerprint density at radius 1 is 0.902 bits per heavy atom. The van der Waals surface area contributed by atoms with Crippen LogP contribution in [0.3, 0.4) is 0 Å². The zero-order chi connectivity index (χ0) is 29.6. The van der Waals surface area contributed by atoms with Crippen LogP contribution in [-0.4, -0.2) is 53.2 Å². The Morgan fingerprint density at radius 3 is 2.12 bits per heavy atom. The van der Waals surface area contributed by atoms with Gasteiger partial charge in [-0.05, 0) is 55.5 Å². The van der Waals surface area contributed by atoms with Crippen LogP contribution in [0.25, 0.3) is 5.69 Å². The summed E-state index contributed by atoms with van der Waals surface area (Å²) in [5.41, 5.74) is -2.61. The molecule has 0 radical (unpaired) electrons. The molecule has 0 bridgehead atoms. The average molecular weight is 601 g/mol. The van der Waals surface area contributed by atoms with Crippen molar-refractivity contribution in [3.05, 3.63) is 72.1 Å². The van der Waals surface area contributed by atoms with E-state index in [9.17, 15) is 39.6 Å². The molecule has 1 spiro atoms. The fraction of sp³-hybridized carbons (Fsp3) is 0.407. The molecule has 1 N–H and O–H groups in total. The lowest BCUT2D eigenvalue weighted by molar-refractivity contribution is -0.200. The second-order valence-corrected chi connectivity index (χ2v) is 12.7. The maximum Gasteiger partial charge on any atom is 0.435 e. The van der Waals surface area contributed by atoms with Crippen molar-refractivity contribution in [2.24, 2.45) is 5.41 Å². The number of carbonyl (C=O) groups excluding carboxylic acids is 1. The van der Waals surface area contributed by atoms with Crippen LogP contribution in [0.15, 0.2) is 60.8 Å². The van der Waals surface area contributed by atoms with Crippen LogP contribution in [0.2, 0.25) is 0 Å². The van der Waals surface area contributed by atoms with Gasteiger partial charge in [0.25, 0.3) is 0 Å². The summed E-state index contributed by atoms with van der Waals surface area (Å²) in [5.74, 6) is -1.21. The zero-order valence-electron chi connectivity index (χ0n) is 21.5. The number of likely N-dealkylation sites (tertiary alicyclic amines) is 1. The first kappa shape index (κ1) is 29.0. The highest BCUT2D eigenvalue weighted by atomic mass is 32.2. The summed E-state index contributed by atoms with van der Waals surface area (Å²) >= 11 is 0. The first-order valence-corrected chi connectivity index (χ1v) is 14.7. The van der Waals surface area contributed by atoms with E-state index >= 15 is 0 Å². The number of aromatic nitrogens is 2. The Kier molecular flexibility index (Phi) is 7.33. The highest BCUT2D eigenvalue weighted by Gasteiger charge is 2.54. The normalized spacial score (nSPS) is 19.8. The Balaban J connectivity index is 1.42. The molecule has 1 aromatic heterocycles. The van der Waals surface area contributed by atoms with Crippen molar-refractivity contribution in [1.29, 1.82) is 0 Å². The summed E-state index contributed by atoms with van der Waals surface area (Å²) in [4.78, 5) is 14.2. The van der Waals surface area contributed by atoms with E-state index in [4.69, 9.17) is 0 Å². The second-order valence-electron chi connectivity index (χ2n) is 10.4. The molecule has 2 saturated heterocycles. The van der Waals surface area contributed by atoms with Crippen LogP contribution in [0.5, 0.6) is 0 Å². The summed E-state index contributed by atoms with van der Waals surface area (Å²) in [6, 6.07) is 10.1. The molecule has 0 saturated carbocycles. The Hall–Kier alpha value is -3.55. The van der Waals surface area contributed by atoms with E-state index in [0.717, 1.165) is 27.9 Å². The molecule has 0 aliphatic carbocycles. The van der Waals surface area contributed by atoms with E-state index in [0.29, 0.717) is 12.8 Å². The summed E-state index contributed by atoms with van der Waals surface area (Å²) < 4.78 is 110. The summed E-state index contributed by atoms with van der Waals surface area (Å²) in [6.45, 7) is -0.148. The lowest BCUT2D eigenvalue weighted by Crippen LogP contribution is -2.55. The number of halogens is 6. The third kappa shape index (κ3) is 5.79. The molecular weight excluding hydrogens is 574 g/mol. The summed E-state index contributed by atoms with van der Waals surface area (Å²) in [6.07, 6.45) is -8.07. The number of carbonyl (C=O) groups is 1. The van der Waals surface area contributed by atoms with E-state index in [1.165, 1.54) is 24.3 Å². The van der Waals surface area contributed by atoms with Crippen LogP contribution in [-0.2, 0) is 20.8 Å². The highest BCUT2D eigenvalue weighted by Crippen LogP contribution is 2.47. The van der Waals surface area contributed by atoms with Gasteiger partial charge in [0.2, 0.25) is 5.91 Å². The molecule has 2 aliphatic heterocycles. The number of amides is 1. The van der Waals surface area contributed by atoms with Crippen molar-refractivity contribution in [2.45, 2.75) is 44.1 Å². The molecule has 3 aromatic rings. The number of hydrogen-bond acceptors (Lipinski definition) is 5. The van der Waals surface area contributed by atoms with Gasteiger partial charge in [0.1, 0.15) is 9.84 Å². The van der Waals surface area contributed by atoms with Gasteiger partial charge in [0.05, 0.1) is 34.5 Å². The SMILES string of the molecule is O=C1N([C@@H](c2ccc(Nc3cnn(-c4ccccc4)c3C(F)(F)F)cc2)C(F)(F)F)CCCC12CCS(=O)(=O)CC2. The highest BCUT2D eigenvalue weighted by molar-refractivity contribution is 7.91. The standard InChI is InChI=1S/C27H26F6N4O3S/c28-26(29,30)22(36-14-4-11-25(24(36)38)12-15-41(39,40)16-13-25)18-7-9-19(10-8-18)35-21-17-34-37(23(21)27(31,32)33)20-5-2-1-3-6-20/h1-3,5-10,17,22,35H,4,11-16H2/t22-/m0/s1. The van der Waals surface area contributed by atoms with Crippen LogP contribution >= 0.6 is 0 Å². The molecule has 220 valence electrons. The molecule has 0 unspecified atom stereocenters. The number of anilines is 2. The second kappa shape index (κ2) is 10.4. The number of nitrogens with zero attached hydrogens (tertiary/aromatic N) is 3. The lowest BCUT2D eigenvalue weighted by Gasteiger charge is -2.46. The van der Waals surface area contributed by atoms with Crippen LogP contribution in [0, 0.1) is 5.41 Å². The van der Waals surface area contributed by atoms with Crippen LogP contribution < -0.4 is 5.32 Å². The first-order valence-electron chi connectivity index (χ1n) is 12.9. The minimum Gasteiger partial charge on any atom is -0.352 e. The van der Waals surface area contributed by atoms with Crippen molar-refractivity contribution >= 4 is 27.1 Å². The number of rotatable bonds is 5. The molecular formula is C27H26F6N4O3S. The lowest BCUT2D eigenvalue weighted by atomic mass is 9.73. The smallest absolute Gasteiger partial charge is 0.352 e. The summed E-state index contributed by atoms with van der Waals surface area (Å²) in [5, 5.41) is 6.45. The number of nitrogens with one attached hydrogen (secondary N) is 1. The Bertz CT molecular complexity index is 1510. The fourth-order valence-electron chi connectivity index (χ4n) is 5.67. The quantitative estimate of drug-likeness (QED) is 0.361. The molecule has 1 amide bonds. The van der Waals surface area contributed by atoms with Gasteiger partial charge in [-0.2, -0.15) is 31.4 Å². The van der Waals surface area contributed by atoms with E-state index in [1.807, 2.05) is 0 Å². The van der Waals surface area contributed by atoms with Crippen molar-refractivity contribution in [2.75, 3.05) is 23.4 Å². The predicted octanol–water partition coefficient (Wildman–Crippen LogP) is 6.06. The topological polar surface area (TPSA) is 84.3 Å². The van der Waals surface area contributed by atoms with Crippen molar-refractivity contribution < 1.29 is 39.6 Å². The maximum absolute atomic E-state index is 14.4. The fourth-order valence-corrected chi connectivity index (χ4v) is 7.28. The van der Waals surface area contributed by atoms with Crippen molar-refractivity contribution in [3.8, 4) is 5.69 Å². The monoisotopic (exact) mass is 600 g/mol. The number of piperidine rings is 1. The van der Waals surface area contributed by atoms with Crippen LogP contribution in [0.1, 0.15) is 43.0 Å². The van der Waals surface area contributed by atoms with Crippen molar-refractivity contribution in [3.63, 3.8) is 0 Å². The Labute approximate surface area is 232 Å². The number of hydrogen-bond donors (Lipinski definition) is 1. The van der Waals surface area contributed by atoms with Gasteiger partial charge in [-0.1, -0.05) is 30.3 Å². The molecule has 3 heterocycles. The van der Waals surface area contributed by atoms with Crippen LogP contribution in [0.4, 0.5) is 37.7 Å². The largest absolute Gasteiger partial charge is 0.435 e.